The van der Waals surface area contributed by atoms with Gasteiger partial charge in [0.05, 0.1) is 4.90 Å². The summed E-state index contributed by atoms with van der Waals surface area (Å²) in [6.07, 6.45) is 3.22. The summed E-state index contributed by atoms with van der Waals surface area (Å²) < 4.78 is 27.5. The van der Waals surface area contributed by atoms with Gasteiger partial charge in [-0.15, -0.1) is 11.3 Å². The van der Waals surface area contributed by atoms with Gasteiger partial charge in [-0.05, 0) is 51.1 Å². The van der Waals surface area contributed by atoms with E-state index in [0.717, 1.165) is 42.1 Å². The van der Waals surface area contributed by atoms with E-state index >= 15 is 0 Å². The lowest BCUT2D eigenvalue weighted by Gasteiger charge is -2.39. The third-order valence-corrected chi connectivity index (χ3v) is 7.64. The van der Waals surface area contributed by atoms with Crippen molar-refractivity contribution in [2.75, 3.05) is 26.2 Å². The lowest BCUT2D eigenvalue weighted by molar-refractivity contribution is 0.166. The van der Waals surface area contributed by atoms with E-state index in [1.165, 1.54) is 0 Å². The standard InChI is InChI=1S/C14H22N2O2S2/c1-11-8-13(12(2)19-11)20(17,18)16-7-3-4-14(10-16)5-6-15-9-14/h8,15H,3-7,9-10H2,1-2H3/t14-/m1/s1. The molecule has 3 heterocycles. The molecule has 1 spiro atoms. The fourth-order valence-electron chi connectivity index (χ4n) is 3.51. The van der Waals surface area contributed by atoms with Crippen molar-refractivity contribution in [1.29, 1.82) is 0 Å². The number of rotatable bonds is 2. The van der Waals surface area contributed by atoms with Crippen LogP contribution < -0.4 is 5.32 Å². The maximum Gasteiger partial charge on any atom is 0.244 e. The van der Waals surface area contributed by atoms with E-state index in [1.54, 1.807) is 15.6 Å². The molecule has 0 amide bonds. The fraction of sp³-hybridized carbons (Fsp3) is 0.714. The van der Waals surface area contributed by atoms with Gasteiger partial charge in [0.1, 0.15) is 0 Å². The van der Waals surface area contributed by atoms with Crippen molar-refractivity contribution in [3.63, 3.8) is 0 Å². The minimum atomic E-state index is -3.32. The molecular formula is C14H22N2O2S2. The number of sulfonamides is 1. The molecule has 4 nitrogen and oxygen atoms in total. The average Bonchev–Trinajstić information content (AvgIpc) is 2.97. The van der Waals surface area contributed by atoms with Crippen LogP contribution in [0.4, 0.5) is 0 Å². The molecule has 2 fully saturated rings. The van der Waals surface area contributed by atoms with Gasteiger partial charge in [-0.3, -0.25) is 0 Å². The average molecular weight is 314 g/mol. The van der Waals surface area contributed by atoms with Crippen LogP contribution in [0.15, 0.2) is 11.0 Å². The maximum atomic E-state index is 12.9. The highest BCUT2D eigenvalue weighted by molar-refractivity contribution is 7.89. The number of piperidine rings is 1. The molecule has 2 saturated heterocycles. The SMILES string of the molecule is Cc1cc(S(=O)(=O)N2CCC[C@]3(CCNC3)C2)c(C)s1. The lowest BCUT2D eigenvalue weighted by atomic mass is 9.80. The molecule has 6 heteroatoms. The molecule has 1 aromatic heterocycles. The van der Waals surface area contributed by atoms with Gasteiger partial charge in [-0.25, -0.2) is 8.42 Å². The topological polar surface area (TPSA) is 49.4 Å². The molecule has 1 atom stereocenters. The largest absolute Gasteiger partial charge is 0.316 e. The van der Waals surface area contributed by atoms with Crippen molar-refractivity contribution in [3.05, 3.63) is 15.8 Å². The quantitative estimate of drug-likeness (QED) is 0.910. The van der Waals surface area contributed by atoms with Crippen molar-refractivity contribution in [2.24, 2.45) is 5.41 Å². The third kappa shape index (κ3) is 2.43. The zero-order chi connectivity index (χ0) is 14.4. The molecule has 0 aromatic carbocycles. The van der Waals surface area contributed by atoms with Crippen molar-refractivity contribution in [1.82, 2.24) is 9.62 Å². The molecule has 20 heavy (non-hydrogen) atoms. The Kier molecular flexibility index (Phi) is 3.69. The number of aryl methyl sites for hydroxylation is 2. The predicted molar refractivity (Wildman–Crippen MR) is 81.7 cm³/mol. The Morgan fingerprint density at radius 3 is 2.75 bits per heavy atom. The molecule has 112 valence electrons. The lowest BCUT2D eigenvalue weighted by Crippen LogP contribution is -2.47. The molecule has 0 bridgehead atoms. The zero-order valence-corrected chi connectivity index (χ0v) is 13.7. The van der Waals surface area contributed by atoms with Gasteiger partial charge in [0, 0.05) is 29.4 Å². The molecule has 2 aliphatic heterocycles. The van der Waals surface area contributed by atoms with Gasteiger partial charge in [0.2, 0.25) is 10.0 Å². The van der Waals surface area contributed by atoms with Gasteiger partial charge >= 0.3 is 0 Å². The molecule has 1 aromatic rings. The van der Waals surface area contributed by atoms with Gasteiger partial charge < -0.3 is 5.32 Å². The smallest absolute Gasteiger partial charge is 0.244 e. The van der Waals surface area contributed by atoms with Crippen LogP contribution in [0.5, 0.6) is 0 Å². The summed E-state index contributed by atoms with van der Waals surface area (Å²) in [6, 6.07) is 1.82. The van der Waals surface area contributed by atoms with Crippen LogP contribution in [0.2, 0.25) is 0 Å². The van der Waals surface area contributed by atoms with Crippen LogP contribution in [0.1, 0.15) is 29.0 Å². The Morgan fingerprint density at radius 2 is 2.15 bits per heavy atom. The highest BCUT2D eigenvalue weighted by atomic mass is 32.2. The van der Waals surface area contributed by atoms with Crippen LogP contribution in [0.3, 0.4) is 0 Å². The Morgan fingerprint density at radius 1 is 1.35 bits per heavy atom. The molecular weight excluding hydrogens is 292 g/mol. The second-order valence-corrected chi connectivity index (χ2v) is 9.51. The van der Waals surface area contributed by atoms with E-state index in [-0.39, 0.29) is 5.41 Å². The molecule has 0 unspecified atom stereocenters. The van der Waals surface area contributed by atoms with Gasteiger partial charge in [-0.2, -0.15) is 4.31 Å². The van der Waals surface area contributed by atoms with Crippen molar-refractivity contribution >= 4 is 21.4 Å². The van der Waals surface area contributed by atoms with Crippen LogP contribution in [0.25, 0.3) is 0 Å². The van der Waals surface area contributed by atoms with E-state index < -0.39 is 10.0 Å². The third-order valence-electron chi connectivity index (χ3n) is 4.57. The van der Waals surface area contributed by atoms with Crippen LogP contribution in [-0.2, 0) is 10.0 Å². The maximum absolute atomic E-state index is 12.9. The zero-order valence-electron chi connectivity index (χ0n) is 12.1. The fourth-order valence-corrected chi connectivity index (χ4v) is 6.63. The molecule has 2 aliphatic rings. The van der Waals surface area contributed by atoms with Crippen LogP contribution in [-0.4, -0.2) is 38.9 Å². The van der Waals surface area contributed by atoms with Crippen molar-refractivity contribution in [2.45, 2.75) is 38.0 Å². The normalized spacial score (nSPS) is 28.3. The van der Waals surface area contributed by atoms with E-state index in [1.807, 2.05) is 19.9 Å². The summed E-state index contributed by atoms with van der Waals surface area (Å²) in [5, 5.41) is 3.39. The number of hydrogen-bond donors (Lipinski definition) is 1. The Labute approximate surface area is 125 Å². The minimum absolute atomic E-state index is 0.171. The molecule has 1 N–H and O–H groups in total. The first-order valence-corrected chi connectivity index (χ1v) is 9.47. The first-order chi connectivity index (χ1) is 9.43. The monoisotopic (exact) mass is 314 g/mol. The first kappa shape index (κ1) is 14.5. The van der Waals surface area contributed by atoms with Gasteiger partial charge in [0.25, 0.3) is 0 Å². The summed E-state index contributed by atoms with van der Waals surface area (Å²) >= 11 is 1.57. The van der Waals surface area contributed by atoms with E-state index in [2.05, 4.69) is 5.32 Å². The van der Waals surface area contributed by atoms with Gasteiger partial charge in [-0.1, -0.05) is 0 Å². The highest BCUT2D eigenvalue weighted by Crippen LogP contribution is 2.38. The first-order valence-electron chi connectivity index (χ1n) is 7.21. The van der Waals surface area contributed by atoms with Crippen molar-refractivity contribution < 1.29 is 8.42 Å². The summed E-state index contributed by atoms with van der Waals surface area (Å²) in [6.45, 7) is 7.19. The van der Waals surface area contributed by atoms with E-state index in [4.69, 9.17) is 0 Å². The Hall–Kier alpha value is -0.430. The molecule has 3 rings (SSSR count). The predicted octanol–water partition coefficient (Wildman–Crippen LogP) is 2.13. The van der Waals surface area contributed by atoms with E-state index in [0.29, 0.717) is 18.0 Å². The molecule has 0 saturated carbocycles. The number of nitrogens with one attached hydrogen (secondary N) is 1. The summed E-state index contributed by atoms with van der Waals surface area (Å²) in [5.41, 5.74) is 0.171. The summed E-state index contributed by atoms with van der Waals surface area (Å²) in [7, 11) is -3.32. The highest BCUT2D eigenvalue weighted by Gasteiger charge is 2.42. The second-order valence-electron chi connectivity index (χ2n) is 6.15. The van der Waals surface area contributed by atoms with Crippen LogP contribution in [0, 0.1) is 19.3 Å². The summed E-state index contributed by atoms with van der Waals surface area (Å²) in [4.78, 5) is 2.49. The molecule has 0 aliphatic carbocycles. The Bertz CT molecular complexity index is 601. The van der Waals surface area contributed by atoms with Gasteiger partial charge in [0.15, 0.2) is 0 Å². The van der Waals surface area contributed by atoms with Crippen molar-refractivity contribution in [3.8, 4) is 0 Å². The minimum Gasteiger partial charge on any atom is -0.316 e. The number of nitrogens with zero attached hydrogens (tertiary/aromatic N) is 1. The summed E-state index contributed by atoms with van der Waals surface area (Å²) in [5.74, 6) is 0. The second kappa shape index (κ2) is 5.09. The van der Waals surface area contributed by atoms with E-state index in [9.17, 15) is 8.42 Å². The van der Waals surface area contributed by atoms with Crippen LogP contribution >= 0.6 is 11.3 Å². The number of thiophene rings is 1. The molecule has 0 radical (unpaired) electrons. The Balaban J connectivity index is 1.89. The number of hydrogen-bond acceptors (Lipinski definition) is 4.